The highest BCUT2D eigenvalue weighted by Gasteiger charge is 2.37. The first-order valence-corrected chi connectivity index (χ1v) is 14.0. The quantitative estimate of drug-likeness (QED) is 0.218. The number of H-pyrrole nitrogens is 1. The number of carbonyl (C=O) groups excluding carboxylic acids is 2. The van der Waals surface area contributed by atoms with Crippen LogP contribution in [0.25, 0.3) is 22.0 Å². The fourth-order valence-corrected chi connectivity index (χ4v) is 5.53. The van der Waals surface area contributed by atoms with Crippen molar-refractivity contribution in [2.45, 2.75) is 38.9 Å². The Kier molecular flexibility index (Phi) is 7.13. The van der Waals surface area contributed by atoms with Gasteiger partial charge in [0.2, 0.25) is 0 Å². The molecule has 0 saturated carbocycles. The molecule has 0 aliphatic carbocycles. The normalized spacial score (nSPS) is 13.6. The summed E-state index contributed by atoms with van der Waals surface area (Å²) in [7, 11) is 1.54. The van der Waals surface area contributed by atoms with Gasteiger partial charge >= 0.3 is 6.09 Å². The average molecular weight is 578 g/mol. The summed E-state index contributed by atoms with van der Waals surface area (Å²) in [5.41, 5.74) is 5.02. The first-order valence-electron chi connectivity index (χ1n) is 14.0. The predicted molar refractivity (Wildman–Crippen MR) is 164 cm³/mol. The largest absolute Gasteiger partial charge is 0.496 e. The molecule has 1 aliphatic heterocycles. The Balaban J connectivity index is 1.32. The van der Waals surface area contributed by atoms with Gasteiger partial charge in [-0.15, -0.1) is 0 Å². The van der Waals surface area contributed by atoms with E-state index in [9.17, 15) is 14.0 Å². The average Bonchev–Trinajstić information content (AvgIpc) is 3.53. The Morgan fingerprint density at radius 3 is 2.42 bits per heavy atom. The molecule has 1 aromatic heterocycles. The van der Waals surface area contributed by atoms with Crippen LogP contribution in [0.15, 0.2) is 91.0 Å². The third kappa shape index (κ3) is 5.68. The van der Waals surface area contributed by atoms with E-state index in [4.69, 9.17) is 9.47 Å². The molecule has 1 aliphatic rings. The topological polar surface area (TPSA) is 83.7 Å². The lowest BCUT2D eigenvalue weighted by Gasteiger charge is -2.29. The summed E-state index contributed by atoms with van der Waals surface area (Å²) in [5.74, 6) is 0.337. The second-order valence-electron chi connectivity index (χ2n) is 11.7. The maximum absolute atomic E-state index is 14.6. The van der Waals surface area contributed by atoms with E-state index in [1.165, 1.54) is 12.1 Å². The van der Waals surface area contributed by atoms with E-state index in [2.05, 4.69) is 10.3 Å². The molecule has 0 saturated heterocycles. The molecule has 43 heavy (non-hydrogen) atoms. The number of rotatable bonds is 6. The fourth-order valence-electron chi connectivity index (χ4n) is 5.53. The summed E-state index contributed by atoms with van der Waals surface area (Å²) in [4.78, 5) is 31.4. The van der Waals surface area contributed by atoms with Gasteiger partial charge in [0.1, 0.15) is 23.4 Å². The first kappa shape index (κ1) is 28.0. The maximum atomic E-state index is 14.6. The number of amides is 2. The van der Waals surface area contributed by atoms with E-state index in [0.29, 0.717) is 29.2 Å². The van der Waals surface area contributed by atoms with Crippen LogP contribution in [0.4, 0.5) is 9.18 Å². The molecule has 8 heteroatoms. The van der Waals surface area contributed by atoms with Crippen molar-refractivity contribution < 1.29 is 23.5 Å². The van der Waals surface area contributed by atoms with Crippen molar-refractivity contribution in [3.63, 3.8) is 0 Å². The number of methoxy groups -OCH3 is 1. The van der Waals surface area contributed by atoms with Gasteiger partial charge in [0.05, 0.1) is 7.11 Å². The number of hydrogen-bond donors (Lipinski definition) is 2. The first-order chi connectivity index (χ1) is 20.6. The van der Waals surface area contributed by atoms with Crippen molar-refractivity contribution in [1.82, 2.24) is 15.2 Å². The van der Waals surface area contributed by atoms with Crippen LogP contribution in [0.2, 0.25) is 0 Å². The van der Waals surface area contributed by atoms with Gasteiger partial charge in [0.15, 0.2) is 0 Å². The van der Waals surface area contributed by atoms with Crippen molar-refractivity contribution in [3.05, 3.63) is 119 Å². The van der Waals surface area contributed by atoms with Crippen LogP contribution >= 0.6 is 0 Å². The van der Waals surface area contributed by atoms with Gasteiger partial charge in [-0.2, -0.15) is 0 Å². The molecule has 0 bridgehead atoms. The van der Waals surface area contributed by atoms with Crippen LogP contribution in [0.5, 0.6) is 11.5 Å². The molecule has 0 spiro atoms. The molecule has 2 heterocycles. The lowest BCUT2D eigenvalue weighted by Crippen LogP contribution is -2.42. The van der Waals surface area contributed by atoms with Crippen LogP contribution in [0.1, 0.15) is 54.0 Å². The zero-order valence-corrected chi connectivity index (χ0v) is 24.4. The lowest BCUT2D eigenvalue weighted by atomic mass is 10.00. The highest BCUT2D eigenvalue weighted by Crippen LogP contribution is 2.41. The van der Waals surface area contributed by atoms with Crippen LogP contribution in [0.3, 0.4) is 0 Å². The van der Waals surface area contributed by atoms with Crippen molar-refractivity contribution >= 4 is 22.9 Å². The summed E-state index contributed by atoms with van der Waals surface area (Å²) in [6.07, 6.45) is -0.525. The standard InChI is InChI=1S/C35H32FN3O4/c1-35(2,3)38-34(41)43-26-14-11-21(12-15-26)22-9-10-24-20-39(33(40)27(24)17-22)32(28-19-25(36)13-16-31(28)42-4)30-18-23-7-5-6-8-29(23)37-30/h5-19,32,37H,20H2,1-4H3,(H,38,41)/t32-/m1/s1. The number of hydrogen-bond acceptors (Lipinski definition) is 4. The van der Waals surface area contributed by atoms with Gasteiger partial charge < -0.3 is 24.7 Å². The summed E-state index contributed by atoms with van der Waals surface area (Å²) in [5, 5.41) is 3.76. The van der Waals surface area contributed by atoms with Crippen molar-refractivity contribution in [2.75, 3.05) is 7.11 Å². The van der Waals surface area contributed by atoms with Gasteiger partial charge in [-0.25, -0.2) is 9.18 Å². The molecule has 5 aromatic rings. The highest BCUT2D eigenvalue weighted by atomic mass is 19.1. The Hall–Kier alpha value is -5.11. The fraction of sp³-hybridized carbons (Fsp3) is 0.200. The number of nitrogens with zero attached hydrogens (tertiary/aromatic N) is 1. The van der Waals surface area contributed by atoms with Gasteiger partial charge in [-0.1, -0.05) is 42.5 Å². The van der Waals surface area contributed by atoms with Crippen molar-refractivity contribution in [1.29, 1.82) is 0 Å². The minimum absolute atomic E-state index is 0.161. The molecular formula is C35H32FN3O4. The van der Waals surface area contributed by atoms with E-state index in [0.717, 1.165) is 33.3 Å². The molecule has 6 rings (SSSR count). The number of benzene rings is 4. The minimum Gasteiger partial charge on any atom is -0.496 e. The third-order valence-corrected chi connectivity index (χ3v) is 7.46. The Labute approximate surface area is 249 Å². The zero-order chi connectivity index (χ0) is 30.3. The van der Waals surface area contributed by atoms with Crippen LogP contribution < -0.4 is 14.8 Å². The highest BCUT2D eigenvalue weighted by molar-refractivity contribution is 6.00. The number of aromatic amines is 1. The van der Waals surface area contributed by atoms with Gasteiger partial charge in [0, 0.05) is 34.4 Å². The van der Waals surface area contributed by atoms with E-state index in [-0.39, 0.29) is 5.91 Å². The lowest BCUT2D eigenvalue weighted by molar-refractivity contribution is 0.0726. The molecule has 218 valence electrons. The predicted octanol–water partition coefficient (Wildman–Crippen LogP) is 7.61. The number of carbonyl (C=O) groups is 2. The molecule has 2 amide bonds. The van der Waals surface area contributed by atoms with E-state index in [1.807, 2.05) is 81.4 Å². The minimum atomic E-state index is -0.614. The molecule has 0 fully saturated rings. The SMILES string of the molecule is COc1ccc(F)cc1[C@H](c1cc2ccccc2[nH]1)N1Cc2ccc(-c3ccc(OC(=O)NC(C)(C)C)cc3)cc2C1=O. The van der Waals surface area contributed by atoms with E-state index in [1.54, 1.807) is 30.2 Å². The number of nitrogens with one attached hydrogen (secondary N) is 2. The number of halogens is 1. The second kappa shape index (κ2) is 10.9. The number of para-hydroxylation sites is 1. The third-order valence-electron chi connectivity index (χ3n) is 7.46. The zero-order valence-electron chi connectivity index (χ0n) is 24.4. The van der Waals surface area contributed by atoms with E-state index >= 15 is 0 Å². The molecule has 7 nitrogen and oxygen atoms in total. The van der Waals surface area contributed by atoms with Crippen LogP contribution in [0, 0.1) is 5.82 Å². The van der Waals surface area contributed by atoms with E-state index < -0.39 is 23.5 Å². The summed E-state index contributed by atoms with van der Waals surface area (Å²) in [6.45, 7) is 5.99. The summed E-state index contributed by atoms with van der Waals surface area (Å²) < 4.78 is 25.6. The van der Waals surface area contributed by atoms with Gasteiger partial charge in [-0.3, -0.25) is 4.79 Å². The molecule has 0 unspecified atom stereocenters. The monoisotopic (exact) mass is 577 g/mol. The molecule has 1 atom stereocenters. The maximum Gasteiger partial charge on any atom is 0.413 e. The van der Waals surface area contributed by atoms with Crippen molar-refractivity contribution in [3.8, 4) is 22.6 Å². The van der Waals surface area contributed by atoms with Crippen LogP contribution in [-0.2, 0) is 6.54 Å². The van der Waals surface area contributed by atoms with Gasteiger partial charge in [-0.05, 0) is 91.4 Å². The van der Waals surface area contributed by atoms with Crippen LogP contribution in [-0.4, -0.2) is 34.5 Å². The Bertz CT molecular complexity index is 1810. The molecule has 0 radical (unpaired) electrons. The Morgan fingerprint density at radius 2 is 1.70 bits per heavy atom. The number of fused-ring (bicyclic) bond motifs is 2. The number of ether oxygens (including phenoxy) is 2. The second-order valence-corrected chi connectivity index (χ2v) is 11.7. The summed E-state index contributed by atoms with van der Waals surface area (Å²) >= 11 is 0. The molecule has 4 aromatic carbocycles. The Morgan fingerprint density at radius 1 is 0.953 bits per heavy atom. The smallest absolute Gasteiger partial charge is 0.413 e. The molecular weight excluding hydrogens is 545 g/mol. The summed E-state index contributed by atoms with van der Waals surface area (Å²) in [6, 6.07) is 26.6. The van der Waals surface area contributed by atoms with Gasteiger partial charge in [0.25, 0.3) is 5.91 Å². The molecule has 2 N–H and O–H groups in total. The number of aromatic nitrogens is 1. The van der Waals surface area contributed by atoms with Crippen molar-refractivity contribution in [2.24, 2.45) is 0 Å².